The number of aliphatic hydroxyl groups excluding tert-OH is 5. The molecule has 0 radical (unpaired) electrons. The lowest BCUT2D eigenvalue weighted by Gasteiger charge is -2.39. The zero-order valence-electron chi connectivity index (χ0n) is 15.5. The quantitative estimate of drug-likeness (QED) is 0.282. The molecule has 158 valence electrons. The van der Waals surface area contributed by atoms with E-state index in [-0.39, 0.29) is 12.4 Å². The molecule has 0 aromatic heterocycles. The minimum Gasteiger partial charge on any atom is -0.462 e. The number of carbonyl (C=O) groups excluding carboxylic acids is 1. The summed E-state index contributed by atoms with van der Waals surface area (Å²) in [5.74, 6) is -0.704. The summed E-state index contributed by atoms with van der Waals surface area (Å²) in [5, 5.41) is 57.8. The van der Waals surface area contributed by atoms with E-state index in [4.69, 9.17) is 14.2 Å². The van der Waals surface area contributed by atoms with Gasteiger partial charge in [0.15, 0.2) is 6.10 Å². The smallest absolute Gasteiger partial charge is 0.338 e. The molecule has 0 saturated carbocycles. The van der Waals surface area contributed by atoms with E-state index in [0.717, 1.165) is 0 Å². The first-order chi connectivity index (χ1) is 13.0. The number of esters is 1. The van der Waals surface area contributed by atoms with Crippen molar-refractivity contribution >= 4 is 5.97 Å². The Hall–Kier alpha value is -1.79. The fraction of sp³-hybridized carbons (Fsp3) is 0.611. The lowest BCUT2D eigenvalue weighted by molar-refractivity contribution is -0.277. The molecule has 0 unspecified atom stereocenters. The van der Waals surface area contributed by atoms with Gasteiger partial charge in [-0.25, -0.2) is 4.79 Å². The van der Waals surface area contributed by atoms with Crippen molar-refractivity contribution in [3.8, 4) is 5.75 Å². The summed E-state index contributed by atoms with van der Waals surface area (Å²) in [7, 11) is 0. The number of hydrogen-bond donors (Lipinski definition) is 6. The number of ether oxygens (including phenoxy) is 3. The minimum absolute atomic E-state index is 0.147. The molecule has 1 aromatic rings. The molecule has 1 fully saturated rings. The third-order valence-corrected chi connectivity index (χ3v) is 4.30. The summed E-state index contributed by atoms with van der Waals surface area (Å²) >= 11 is 0. The topological polar surface area (TPSA) is 166 Å². The largest absolute Gasteiger partial charge is 0.462 e. The summed E-state index contributed by atoms with van der Waals surface area (Å²) in [4.78, 5) is 11.7. The molecule has 0 spiro atoms. The third-order valence-electron chi connectivity index (χ3n) is 4.30. The number of aliphatic hydroxyl groups is 6. The molecule has 6 N–H and O–H groups in total. The van der Waals surface area contributed by atoms with Gasteiger partial charge in [0.25, 0.3) is 0 Å². The van der Waals surface area contributed by atoms with Crippen LogP contribution in [0.25, 0.3) is 0 Å². The maximum Gasteiger partial charge on any atom is 0.338 e. The predicted molar refractivity (Wildman–Crippen MR) is 92.9 cm³/mol. The number of rotatable bonds is 7. The summed E-state index contributed by atoms with van der Waals surface area (Å²) in [6.45, 7) is 1.85. The lowest BCUT2D eigenvalue weighted by Crippen LogP contribution is -2.60. The van der Waals surface area contributed by atoms with Crippen molar-refractivity contribution in [3.63, 3.8) is 0 Å². The first-order valence-corrected chi connectivity index (χ1v) is 8.67. The fourth-order valence-electron chi connectivity index (χ4n) is 2.48. The van der Waals surface area contributed by atoms with Crippen LogP contribution in [0.5, 0.6) is 5.75 Å². The van der Waals surface area contributed by atoms with Gasteiger partial charge in [-0.05, 0) is 31.5 Å². The van der Waals surface area contributed by atoms with Crippen molar-refractivity contribution < 1.29 is 49.6 Å². The predicted octanol–water partition coefficient (Wildman–Crippen LogP) is -1.96. The van der Waals surface area contributed by atoms with E-state index in [1.54, 1.807) is 12.1 Å². The van der Waals surface area contributed by atoms with E-state index in [0.29, 0.717) is 5.56 Å². The van der Waals surface area contributed by atoms with Crippen molar-refractivity contribution in [2.24, 2.45) is 0 Å². The van der Waals surface area contributed by atoms with Crippen LogP contribution < -0.4 is 4.74 Å². The third kappa shape index (κ3) is 5.39. The number of benzene rings is 1. The Morgan fingerprint density at radius 3 is 2.29 bits per heavy atom. The van der Waals surface area contributed by atoms with Gasteiger partial charge in [-0.3, -0.25) is 0 Å². The van der Waals surface area contributed by atoms with Gasteiger partial charge in [0.1, 0.15) is 36.8 Å². The summed E-state index contributed by atoms with van der Waals surface area (Å²) in [6.07, 6.45) is -8.61. The van der Waals surface area contributed by atoms with Crippen LogP contribution in [0.1, 0.15) is 19.4 Å². The van der Waals surface area contributed by atoms with E-state index in [2.05, 4.69) is 0 Å². The molecule has 1 aliphatic heterocycles. The zero-order chi connectivity index (χ0) is 21.1. The Balaban J connectivity index is 1.93. The average Bonchev–Trinajstić information content (AvgIpc) is 2.66. The van der Waals surface area contributed by atoms with E-state index in [1.807, 2.05) is 0 Å². The van der Waals surface area contributed by atoms with E-state index in [9.17, 15) is 35.4 Å². The highest BCUT2D eigenvalue weighted by atomic mass is 16.7. The van der Waals surface area contributed by atoms with Gasteiger partial charge < -0.3 is 44.8 Å². The van der Waals surface area contributed by atoms with Crippen LogP contribution in [-0.2, 0) is 20.9 Å². The van der Waals surface area contributed by atoms with Crippen molar-refractivity contribution in [2.75, 3.05) is 6.61 Å². The van der Waals surface area contributed by atoms with Crippen molar-refractivity contribution in [2.45, 2.75) is 62.9 Å². The van der Waals surface area contributed by atoms with Crippen LogP contribution in [0.15, 0.2) is 24.3 Å². The highest BCUT2D eigenvalue weighted by Crippen LogP contribution is 2.24. The van der Waals surface area contributed by atoms with Crippen LogP contribution in [0.2, 0.25) is 0 Å². The van der Waals surface area contributed by atoms with Crippen LogP contribution in [0.4, 0.5) is 0 Å². The zero-order valence-corrected chi connectivity index (χ0v) is 15.5. The van der Waals surface area contributed by atoms with Crippen LogP contribution >= 0.6 is 0 Å². The Labute approximate surface area is 161 Å². The number of hydrogen-bond acceptors (Lipinski definition) is 10. The Morgan fingerprint density at radius 1 is 1.14 bits per heavy atom. The first-order valence-electron chi connectivity index (χ1n) is 8.67. The van der Waals surface area contributed by atoms with Gasteiger partial charge in [-0.1, -0.05) is 12.1 Å². The second kappa shape index (κ2) is 9.14. The molecule has 6 atom stereocenters. The number of carbonyl (C=O) groups is 1. The summed E-state index contributed by atoms with van der Waals surface area (Å²) < 4.78 is 15.6. The highest BCUT2D eigenvalue weighted by Gasteiger charge is 2.44. The first kappa shape index (κ1) is 22.5. The highest BCUT2D eigenvalue weighted by molar-refractivity contribution is 5.75. The van der Waals surface area contributed by atoms with E-state index >= 15 is 0 Å². The molecule has 1 heterocycles. The molecule has 1 saturated heterocycles. The maximum atomic E-state index is 11.7. The Kier molecular flexibility index (Phi) is 7.34. The van der Waals surface area contributed by atoms with Gasteiger partial charge in [0.2, 0.25) is 6.29 Å². The molecular formula is C18H26O10. The molecule has 0 bridgehead atoms. The summed E-state index contributed by atoms with van der Waals surface area (Å²) in [5.41, 5.74) is -1.06. The van der Waals surface area contributed by atoms with Gasteiger partial charge in [-0.2, -0.15) is 0 Å². The molecule has 28 heavy (non-hydrogen) atoms. The molecule has 0 aliphatic carbocycles. The van der Waals surface area contributed by atoms with Gasteiger partial charge in [-0.15, -0.1) is 0 Å². The second-order valence-corrected chi connectivity index (χ2v) is 7.12. The molecule has 10 nitrogen and oxygen atoms in total. The minimum atomic E-state index is -1.68. The average molecular weight is 402 g/mol. The van der Waals surface area contributed by atoms with Crippen molar-refractivity contribution in [1.29, 1.82) is 0 Å². The van der Waals surface area contributed by atoms with Crippen LogP contribution in [0, 0.1) is 0 Å². The van der Waals surface area contributed by atoms with Gasteiger partial charge in [0, 0.05) is 0 Å². The van der Waals surface area contributed by atoms with E-state index < -0.39 is 55.0 Å². The molecule has 1 aliphatic rings. The van der Waals surface area contributed by atoms with Crippen molar-refractivity contribution in [1.82, 2.24) is 0 Å². The SMILES string of the molecule is CC(C)(O)[C@@H](O)C(=O)OCc1ccc(O[C@@H]2O[C@H](CO)[C@@H](O)[C@H](O)[C@H]2O)cc1. The lowest BCUT2D eigenvalue weighted by atomic mass is 9.99. The second-order valence-electron chi connectivity index (χ2n) is 7.12. The fourth-order valence-corrected chi connectivity index (χ4v) is 2.48. The molecule has 2 rings (SSSR count). The standard InChI is InChI=1S/C18H26O10/c1-18(2,25)15(23)16(24)26-8-9-3-5-10(6-4-9)27-17-14(22)13(21)12(20)11(7-19)28-17/h3-6,11-15,17,19-23,25H,7-8H2,1-2H3/t11-,12-,13+,14-,15+,17-/m1/s1. The molecule has 10 heteroatoms. The van der Waals surface area contributed by atoms with Crippen LogP contribution in [0.3, 0.4) is 0 Å². The molecule has 0 amide bonds. The Morgan fingerprint density at radius 2 is 1.75 bits per heavy atom. The molecular weight excluding hydrogens is 376 g/mol. The monoisotopic (exact) mass is 402 g/mol. The normalized spacial score (nSPS) is 29.2. The summed E-state index contributed by atoms with van der Waals surface area (Å²) in [6, 6.07) is 6.11. The van der Waals surface area contributed by atoms with E-state index in [1.165, 1.54) is 26.0 Å². The van der Waals surface area contributed by atoms with Gasteiger partial charge in [0.05, 0.1) is 12.2 Å². The van der Waals surface area contributed by atoms with Crippen molar-refractivity contribution in [3.05, 3.63) is 29.8 Å². The maximum absolute atomic E-state index is 11.7. The van der Waals surface area contributed by atoms with Gasteiger partial charge >= 0.3 is 5.97 Å². The Bertz CT molecular complexity index is 639. The van der Waals surface area contributed by atoms with Crippen LogP contribution in [-0.4, -0.2) is 85.6 Å². The molecule has 1 aromatic carbocycles.